The highest BCUT2D eigenvalue weighted by molar-refractivity contribution is 6.15. The van der Waals surface area contributed by atoms with Crippen molar-refractivity contribution >= 4 is 18.2 Å². The van der Waals surface area contributed by atoms with Crippen molar-refractivity contribution in [3.05, 3.63) is 59.2 Å². The fourth-order valence-corrected chi connectivity index (χ4v) is 2.02. The fourth-order valence-electron chi connectivity index (χ4n) is 2.02. The van der Waals surface area contributed by atoms with Gasteiger partial charge in [-0.1, -0.05) is 30.3 Å². The summed E-state index contributed by atoms with van der Waals surface area (Å²) in [6.45, 7) is 0. The topological polar surface area (TPSA) is 60.4 Å². The summed E-state index contributed by atoms with van der Waals surface area (Å²) in [5.74, 6) is -1.23. The Kier molecular flexibility index (Phi) is 2.49. The van der Waals surface area contributed by atoms with Gasteiger partial charge in [0.1, 0.15) is 6.29 Å². The first-order chi connectivity index (χ1) is 9.19. The van der Waals surface area contributed by atoms with Crippen molar-refractivity contribution in [1.29, 1.82) is 0 Å². The first kappa shape index (κ1) is 11.3. The summed E-state index contributed by atoms with van der Waals surface area (Å²) in [7, 11) is 0. The van der Waals surface area contributed by atoms with Crippen molar-refractivity contribution in [3.8, 4) is 11.1 Å². The number of carbonyl (C=O) groups is 3. The van der Waals surface area contributed by atoms with Gasteiger partial charge in [0.05, 0.1) is 11.1 Å². The molecule has 1 aliphatic rings. The molecule has 0 radical (unpaired) electrons. The average Bonchev–Trinajstić information content (AvgIpc) is 2.74. The summed E-state index contributed by atoms with van der Waals surface area (Å²) in [5, 5.41) is 0. The Morgan fingerprint density at radius 1 is 0.789 bits per heavy atom. The van der Waals surface area contributed by atoms with Crippen molar-refractivity contribution in [2.45, 2.75) is 0 Å². The van der Waals surface area contributed by atoms with E-state index in [-0.39, 0.29) is 5.56 Å². The third kappa shape index (κ3) is 1.83. The highest BCUT2D eigenvalue weighted by atomic mass is 16.6. The lowest BCUT2D eigenvalue weighted by atomic mass is 9.99. The van der Waals surface area contributed by atoms with Gasteiger partial charge >= 0.3 is 11.9 Å². The maximum Gasteiger partial charge on any atom is 0.346 e. The predicted molar refractivity (Wildman–Crippen MR) is 67.0 cm³/mol. The normalized spacial score (nSPS) is 13.1. The molecule has 1 heterocycles. The van der Waals surface area contributed by atoms with Crippen molar-refractivity contribution in [3.63, 3.8) is 0 Å². The summed E-state index contributed by atoms with van der Waals surface area (Å²) in [6, 6.07) is 11.9. The maximum atomic E-state index is 11.5. The van der Waals surface area contributed by atoms with Crippen LogP contribution < -0.4 is 0 Å². The molecule has 0 unspecified atom stereocenters. The van der Waals surface area contributed by atoms with Crippen molar-refractivity contribution in [2.24, 2.45) is 0 Å². The van der Waals surface area contributed by atoms with Crippen molar-refractivity contribution in [2.75, 3.05) is 0 Å². The van der Waals surface area contributed by atoms with Gasteiger partial charge in [-0.05, 0) is 23.3 Å². The molecule has 92 valence electrons. The van der Waals surface area contributed by atoms with Gasteiger partial charge in [0, 0.05) is 5.56 Å². The number of ether oxygens (including phenoxy) is 1. The highest BCUT2D eigenvalue weighted by Crippen LogP contribution is 2.27. The van der Waals surface area contributed by atoms with Crippen LogP contribution in [0.3, 0.4) is 0 Å². The molecular formula is C15H8O4. The number of hydrogen-bond acceptors (Lipinski definition) is 4. The second-order valence-electron chi connectivity index (χ2n) is 4.18. The minimum Gasteiger partial charge on any atom is -0.386 e. The molecule has 0 saturated carbocycles. The van der Waals surface area contributed by atoms with Gasteiger partial charge in [-0.25, -0.2) is 9.59 Å². The monoisotopic (exact) mass is 252 g/mol. The molecule has 0 fully saturated rings. The Morgan fingerprint density at radius 3 is 2.11 bits per heavy atom. The number of hydrogen-bond donors (Lipinski definition) is 0. The molecule has 3 rings (SSSR count). The number of esters is 2. The van der Waals surface area contributed by atoms with Crippen LogP contribution in [0.2, 0.25) is 0 Å². The summed E-state index contributed by atoms with van der Waals surface area (Å²) in [5.41, 5.74) is 2.81. The SMILES string of the molecule is O=Cc1ccc(-c2ccc3c(c2)C(=O)OC3=O)cc1. The standard InChI is InChI=1S/C15H8O4/c16-8-9-1-3-10(4-2-9)11-5-6-12-13(7-11)15(18)19-14(12)17/h1-8H. The zero-order chi connectivity index (χ0) is 13.4. The van der Waals surface area contributed by atoms with Crippen LogP contribution in [0.1, 0.15) is 31.1 Å². The lowest BCUT2D eigenvalue weighted by Crippen LogP contribution is -1.96. The lowest BCUT2D eigenvalue weighted by Gasteiger charge is -2.03. The first-order valence-corrected chi connectivity index (χ1v) is 5.65. The van der Waals surface area contributed by atoms with E-state index < -0.39 is 11.9 Å². The highest BCUT2D eigenvalue weighted by Gasteiger charge is 2.29. The Labute approximate surface area is 108 Å². The quantitative estimate of drug-likeness (QED) is 0.468. The molecule has 0 aliphatic carbocycles. The minimum absolute atomic E-state index is 0.280. The molecule has 4 heteroatoms. The van der Waals surface area contributed by atoms with Crippen LogP contribution in [0.25, 0.3) is 11.1 Å². The predicted octanol–water partition coefficient (Wildman–Crippen LogP) is 2.48. The van der Waals surface area contributed by atoms with Gasteiger partial charge in [-0.15, -0.1) is 0 Å². The van der Waals surface area contributed by atoms with Gasteiger partial charge in [0.15, 0.2) is 0 Å². The van der Waals surface area contributed by atoms with E-state index in [2.05, 4.69) is 4.74 Å². The molecule has 2 aromatic rings. The van der Waals surface area contributed by atoms with Crippen LogP contribution in [-0.2, 0) is 4.74 Å². The van der Waals surface area contributed by atoms with Crippen LogP contribution in [0.4, 0.5) is 0 Å². The smallest absolute Gasteiger partial charge is 0.346 e. The number of rotatable bonds is 2. The largest absolute Gasteiger partial charge is 0.386 e. The Morgan fingerprint density at radius 2 is 1.42 bits per heavy atom. The van der Waals surface area contributed by atoms with Gasteiger partial charge < -0.3 is 4.74 Å². The fraction of sp³-hybridized carbons (Fsp3) is 0. The average molecular weight is 252 g/mol. The van der Waals surface area contributed by atoms with Gasteiger partial charge in [0.2, 0.25) is 0 Å². The second-order valence-corrected chi connectivity index (χ2v) is 4.18. The third-order valence-corrected chi connectivity index (χ3v) is 3.02. The molecule has 0 saturated heterocycles. The van der Waals surface area contributed by atoms with Crippen LogP contribution in [0.5, 0.6) is 0 Å². The van der Waals surface area contributed by atoms with E-state index in [1.54, 1.807) is 42.5 Å². The Hall–Kier alpha value is -2.75. The van der Waals surface area contributed by atoms with E-state index in [0.29, 0.717) is 11.1 Å². The molecule has 0 aromatic heterocycles. The molecule has 0 amide bonds. The zero-order valence-electron chi connectivity index (χ0n) is 9.75. The minimum atomic E-state index is -0.619. The third-order valence-electron chi connectivity index (χ3n) is 3.02. The summed E-state index contributed by atoms with van der Waals surface area (Å²) in [4.78, 5) is 33.4. The van der Waals surface area contributed by atoms with E-state index in [9.17, 15) is 14.4 Å². The number of fused-ring (bicyclic) bond motifs is 1. The van der Waals surface area contributed by atoms with Crippen molar-refractivity contribution in [1.82, 2.24) is 0 Å². The van der Waals surface area contributed by atoms with Gasteiger partial charge in [-0.3, -0.25) is 4.79 Å². The first-order valence-electron chi connectivity index (χ1n) is 5.65. The van der Waals surface area contributed by atoms with Gasteiger partial charge in [0.25, 0.3) is 0 Å². The summed E-state index contributed by atoms with van der Waals surface area (Å²) < 4.78 is 4.53. The maximum absolute atomic E-state index is 11.5. The molecular weight excluding hydrogens is 244 g/mol. The van der Waals surface area contributed by atoms with E-state index in [1.807, 2.05) is 0 Å². The molecule has 2 aromatic carbocycles. The molecule has 0 N–H and O–H groups in total. The molecule has 0 atom stereocenters. The van der Waals surface area contributed by atoms with E-state index in [4.69, 9.17) is 0 Å². The van der Waals surface area contributed by atoms with Crippen molar-refractivity contribution < 1.29 is 19.1 Å². The van der Waals surface area contributed by atoms with Crippen LogP contribution >= 0.6 is 0 Å². The molecule has 1 aliphatic heterocycles. The molecule has 0 bridgehead atoms. The molecule has 0 spiro atoms. The van der Waals surface area contributed by atoms with E-state index in [1.165, 1.54) is 0 Å². The zero-order valence-corrected chi connectivity index (χ0v) is 9.75. The molecule has 19 heavy (non-hydrogen) atoms. The summed E-state index contributed by atoms with van der Waals surface area (Å²) >= 11 is 0. The van der Waals surface area contributed by atoms with E-state index in [0.717, 1.165) is 17.4 Å². The Balaban J connectivity index is 2.07. The van der Waals surface area contributed by atoms with E-state index >= 15 is 0 Å². The van der Waals surface area contributed by atoms with Gasteiger partial charge in [-0.2, -0.15) is 0 Å². The Bertz CT molecular complexity index is 699. The van der Waals surface area contributed by atoms with Crippen LogP contribution in [0, 0.1) is 0 Å². The number of cyclic esters (lactones) is 2. The lowest BCUT2D eigenvalue weighted by molar-refractivity contribution is 0.0443. The second kappa shape index (κ2) is 4.17. The van der Waals surface area contributed by atoms with Crippen LogP contribution in [-0.4, -0.2) is 18.2 Å². The number of carbonyl (C=O) groups excluding carboxylic acids is 3. The number of aldehydes is 1. The molecule has 4 nitrogen and oxygen atoms in total. The summed E-state index contributed by atoms with van der Waals surface area (Å²) in [6.07, 6.45) is 0.766. The van der Waals surface area contributed by atoms with Crippen LogP contribution in [0.15, 0.2) is 42.5 Å². The number of benzene rings is 2.